The molecular formula is C28H30N6O. The monoisotopic (exact) mass is 466 g/mol. The number of amides is 1. The van der Waals surface area contributed by atoms with Gasteiger partial charge in [0.25, 0.3) is 5.91 Å². The fraction of sp³-hybridized carbons (Fsp3) is 0.214. The number of pyridine rings is 1. The molecule has 0 bridgehead atoms. The molecule has 1 N–H and O–H groups in total. The van der Waals surface area contributed by atoms with Crippen LogP contribution in [-0.4, -0.2) is 38.8 Å². The van der Waals surface area contributed by atoms with Crippen molar-refractivity contribution in [2.75, 3.05) is 23.3 Å². The smallest absolute Gasteiger partial charge is 0.255 e. The average Bonchev–Trinajstić information content (AvgIpc) is 2.91. The van der Waals surface area contributed by atoms with Crippen LogP contribution >= 0.6 is 0 Å². The van der Waals surface area contributed by atoms with Crippen LogP contribution in [0.2, 0.25) is 0 Å². The standard InChI is InChI=1S/C28H30N6O/c1-4-33(5-2)20-22-10-12-23(13-11-22)27(35)32-24-14-9-21(3)26(18-24)34(25-8-6-15-29-19-25)28-30-16-7-17-31-28/h6-19H,4-5,20H2,1-3H3,(H,32,35). The van der Waals surface area contributed by atoms with Crippen LogP contribution in [0.15, 0.2) is 85.5 Å². The fourth-order valence-electron chi connectivity index (χ4n) is 3.85. The van der Waals surface area contributed by atoms with E-state index in [4.69, 9.17) is 0 Å². The van der Waals surface area contributed by atoms with Crippen LogP contribution in [-0.2, 0) is 6.54 Å². The number of benzene rings is 2. The van der Waals surface area contributed by atoms with Crippen molar-refractivity contribution < 1.29 is 4.79 Å². The van der Waals surface area contributed by atoms with E-state index in [2.05, 4.69) is 39.0 Å². The Hall–Kier alpha value is -4.10. The lowest BCUT2D eigenvalue weighted by atomic mass is 10.1. The molecule has 2 aromatic heterocycles. The zero-order chi connectivity index (χ0) is 24.6. The van der Waals surface area contributed by atoms with Crippen molar-refractivity contribution in [1.29, 1.82) is 0 Å². The zero-order valence-corrected chi connectivity index (χ0v) is 20.3. The van der Waals surface area contributed by atoms with Crippen molar-refractivity contribution in [3.05, 3.63) is 102 Å². The summed E-state index contributed by atoms with van der Waals surface area (Å²) in [5.74, 6) is 0.369. The molecule has 0 spiro atoms. The Morgan fingerprint density at radius 3 is 2.31 bits per heavy atom. The number of nitrogens with zero attached hydrogens (tertiary/aromatic N) is 5. The minimum atomic E-state index is -0.155. The third-order valence-corrected chi connectivity index (χ3v) is 5.88. The molecule has 35 heavy (non-hydrogen) atoms. The molecule has 0 aliphatic heterocycles. The first-order chi connectivity index (χ1) is 17.1. The van der Waals surface area contributed by atoms with E-state index in [0.717, 1.165) is 36.6 Å². The summed E-state index contributed by atoms with van der Waals surface area (Å²) >= 11 is 0. The minimum absolute atomic E-state index is 0.155. The molecule has 0 aliphatic rings. The number of rotatable bonds is 9. The van der Waals surface area contributed by atoms with Crippen LogP contribution in [0.3, 0.4) is 0 Å². The van der Waals surface area contributed by atoms with Gasteiger partial charge in [-0.2, -0.15) is 0 Å². The average molecular weight is 467 g/mol. The van der Waals surface area contributed by atoms with Gasteiger partial charge in [0.15, 0.2) is 0 Å². The third kappa shape index (κ3) is 5.88. The topological polar surface area (TPSA) is 74.2 Å². The quantitative estimate of drug-likeness (QED) is 0.339. The number of carbonyl (C=O) groups excluding carboxylic acids is 1. The number of nitrogens with one attached hydrogen (secondary N) is 1. The first-order valence-corrected chi connectivity index (χ1v) is 11.8. The summed E-state index contributed by atoms with van der Waals surface area (Å²) in [4.78, 5) is 30.4. The molecule has 2 aromatic carbocycles. The van der Waals surface area contributed by atoms with Gasteiger partial charge in [0.05, 0.1) is 17.6 Å². The van der Waals surface area contributed by atoms with E-state index in [1.54, 1.807) is 30.9 Å². The predicted molar refractivity (Wildman–Crippen MR) is 140 cm³/mol. The maximum atomic E-state index is 13.0. The molecule has 4 rings (SSSR count). The summed E-state index contributed by atoms with van der Waals surface area (Å²) in [6.45, 7) is 9.20. The van der Waals surface area contributed by atoms with E-state index in [-0.39, 0.29) is 5.91 Å². The maximum absolute atomic E-state index is 13.0. The Kier molecular flexibility index (Phi) is 7.80. The molecule has 0 unspecified atom stereocenters. The van der Waals surface area contributed by atoms with E-state index >= 15 is 0 Å². The first kappa shape index (κ1) is 24.0. The SMILES string of the molecule is CCN(CC)Cc1ccc(C(=O)Nc2ccc(C)c(N(c3cccnc3)c3ncccn3)c2)cc1. The fourth-order valence-corrected chi connectivity index (χ4v) is 3.85. The van der Waals surface area contributed by atoms with Gasteiger partial charge in [0.2, 0.25) is 5.95 Å². The van der Waals surface area contributed by atoms with Crippen molar-refractivity contribution in [1.82, 2.24) is 19.9 Å². The second-order valence-electron chi connectivity index (χ2n) is 8.21. The lowest BCUT2D eigenvalue weighted by molar-refractivity contribution is 0.102. The Labute approximate surface area is 206 Å². The van der Waals surface area contributed by atoms with Gasteiger partial charge in [-0.05, 0) is 73.6 Å². The Morgan fingerprint density at radius 2 is 1.66 bits per heavy atom. The predicted octanol–water partition coefficient (Wildman–Crippen LogP) is 5.74. The van der Waals surface area contributed by atoms with Crippen LogP contribution in [0, 0.1) is 6.92 Å². The molecule has 178 valence electrons. The molecule has 0 radical (unpaired) electrons. The van der Waals surface area contributed by atoms with Gasteiger partial charge in [-0.25, -0.2) is 9.97 Å². The molecule has 0 fully saturated rings. The van der Waals surface area contributed by atoms with Crippen LogP contribution in [0.4, 0.5) is 23.0 Å². The van der Waals surface area contributed by atoms with Crippen LogP contribution in [0.5, 0.6) is 0 Å². The highest BCUT2D eigenvalue weighted by Gasteiger charge is 2.18. The van der Waals surface area contributed by atoms with E-state index in [1.807, 2.05) is 66.4 Å². The minimum Gasteiger partial charge on any atom is -0.322 e. The number of aromatic nitrogens is 3. The molecule has 4 aromatic rings. The molecule has 7 nitrogen and oxygen atoms in total. The molecule has 7 heteroatoms. The highest BCUT2D eigenvalue weighted by atomic mass is 16.1. The molecule has 0 saturated heterocycles. The number of hydrogen-bond acceptors (Lipinski definition) is 6. The summed E-state index contributed by atoms with van der Waals surface area (Å²) in [7, 11) is 0. The van der Waals surface area contributed by atoms with Crippen molar-refractivity contribution in [3.63, 3.8) is 0 Å². The van der Waals surface area contributed by atoms with Gasteiger partial charge in [0, 0.05) is 36.4 Å². The maximum Gasteiger partial charge on any atom is 0.255 e. The van der Waals surface area contributed by atoms with Crippen molar-refractivity contribution >= 4 is 28.9 Å². The van der Waals surface area contributed by atoms with Crippen molar-refractivity contribution in [3.8, 4) is 0 Å². The van der Waals surface area contributed by atoms with Gasteiger partial charge in [-0.1, -0.05) is 32.0 Å². The van der Waals surface area contributed by atoms with Gasteiger partial charge in [-0.3, -0.25) is 19.6 Å². The largest absolute Gasteiger partial charge is 0.322 e. The van der Waals surface area contributed by atoms with E-state index in [9.17, 15) is 4.79 Å². The number of carbonyl (C=O) groups is 1. The van der Waals surface area contributed by atoms with Crippen molar-refractivity contribution in [2.45, 2.75) is 27.3 Å². The summed E-state index contributed by atoms with van der Waals surface area (Å²) < 4.78 is 0. The van der Waals surface area contributed by atoms with Gasteiger partial charge in [-0.15, -0.1) is 0 Å². The molecule has 1 amide bonds. The lowest BCUT2D eigenvalue weighted by Crippen LogP contribution is -2.22. The molecule has 0 aliphatic carbocycles. The van der Waals surface area contributed by atoms with Crippen LogP contribution in [0.25, 0.3) is 0 Å². The van der Waals surface area contributed by atoms with Crippen molar-refractivity contribution in [2.24, 2.45) is 0 Å². The second kappa shape index (κ2) is 11.4. The first-order valence-electron chi connectivity index (χ1n) is 11.8. The second-order valence-corrected chi connectivity index (χ2v) is 8.21. The Bertz CT molecular complexity index is 1200. The molecule has 2 heterocycles. The third-order valence-electron chi connectivity index (χ3n) is 5.88. The number of aryl methyl sites for hydroxylation is 1. The molecule has 0 atom stereocenters. The Morgan fingerprint density at radius 1 is 0.914 bits per heavy atom. The van der Waals surface area contributed by atoms with Gasteiger partial charge < -0.3 is 5.32 Å². The number of anilines is 4. The summed E-state index contributed by atoms with van der Waals surface area (Å²) in [6, 6.07) is 19.2. The van der Waals surface area contributed by atoms with Gasteiger partial charge in [0.1, 0.15) is 0 Å². The van der Waals surface area contributed by atoms with Crippen LogP contribution < -0.4 is 10.2 Å². The molecular weight excluding hydrogens is 436 g/mol. The van der Waals surface area contributed by atoms with E-state index < -0.39 is 0 Å². The zero-order valence-electron chi connectivity index (χ0n) is 20.3. The van der Waals surface area contributed by atoms with E-state index in [1.165, 1.54) is 5.56 Å². The highest BCUT2D eigenvalue weighted by Crippen LogP contribution is 2.35. The lowest BCUT2D eigenvalue weighted by Gasteiger charge is -2.24. The van der Waals surface area contributed by atoms with Crippen LogP contribution in [0.1, 0.15) is 35.3 Å². The normalized spacial score (nSPS) is 10.9. The Balaban J connectivity index is 1.59. The summed E-state index contributed by atoms with van der Waals surface area (Å²) in [5.41, 5.74) is 5.20. The van der Waals surface area contributed by atoms with Gasteiger partial charge >= 0.3 is 0 Å². The molecule has 0 saturated carbocycles. The summed E-state index contributed by atoms with van der Waals surface area (Å²) in [5, 5.41) is 3.03. The summed E-state index contributed by atoms with van der Waals surface area (Å²) in [6.07, 6.45) is 6.90. The number of hydrogen-bond donors (Lipinski definition) is 1. The highest BCUT2D eigenvalue weighted by molar-refractivity contribution is 6.04. The van der Waals surface area contributed by atoms with E-state index in [0.29, 0.717) is 17.2 Å².